The smallest absolute Gasteiger partial charge is 0.234 e. The Kier molecular flexibility index (Phi) is 4.13. The van der Waals surface area contributed by atoms with Crippen LogP contribution in [0.1, 0.15) is 16.4 Å². The molecule has 0 amide bonds. The lowest BCUT2D eigenvalue weighted by Crippen LogP contribution is -1.97. The number of aliphatic imine (C=N–C) groups is 1. The van der Waals surface area contributed by atoms with Crippen LogP contribution in [0.15, 0.2) is 35.3 Å². The maximum atomic E-state index is 4.66. The van der Waals surface area contributed by atoms with Gasteiger partial charge in [-0.3, -0.25) is 4.99 Å². The highest BCUT2D eigenvalue weighted by molar-refractivity contribution is 8.38. The van der Waals surface area contributed by atoms with E-state index in [1.165, 1.54) is 5.56 Å². The maximum Gasteiger partial charge on any atom is 0.234 e. The van der Waals surface area contributed by atoms with E-state index >= 15 is 0 Å². The lowest BCUT2D eigenvalue weighted by molar-refractivity contribution is 0.857. The van der Waals surface area contributed by atoms with Gasteiger partial charge in [0, 0.05) is 12.2 Å². The topological polar surface area (TPSA) is 55.4 Å². The van der Waals surface area contributed by atoms with E-state index in [1.54, 1.807) is 23.1 Å². The van der Waals surface area contributed by atoms with Gasteiger partial charge in [-0.05, 0) is 5.56 Å². The Bertz CT molecular complexity index is 808. The molecule has 8 heteroatoms. The number of hydrogen-bond acceptors (Lipinski definition) is 7. The average Bonchev–Trinajstić information content (AvgIpc) is 3.24. The highest BCUT2D eigenvalue weighted by Gasteiger charge is 2.14. The lowest BCUT2D eigenvalue weighted by atomic mass is 10.2. The minimum atomic E-state index is 0.765. The molecular weight excluding hydrogens is 334 g/mol. The summed E-state index contributed by atoms with van der Waals surface area (Å²) in [5.74, 6) is 2.75. The Morgan fingerprint density at radius 2 is 2.09 bits per heavy atom. The van der Waals surface area contributed by atoms with Crippen LogP contribution in [0.3, 0.4) is 0 Å². The summed E-state index contributed by atoms with van der Waals surface area (Å²) in [5, 5.41) is 14.2. The number of fused-ring (bicyclic) bond motifs is 1. The fourth-order valence-electron chi connectivity index (χ4n) is 2.16. The van der Waals surface area contributed by atoms with E-state index in [2.05, 4.69) is 44.6 Å². The second kappa shape index (κ2) is 6.39. The average molecular weight is 347 g/mol. The second-order valence-corrected chi connectivity index (χ2v) is 8.10. The molecule has 0 aliphatic carbocycles. The van der Waals surface area contributed by atoms with Crippen molar-refractivity contribution >= 4 is 44.2 Å². The van der Waals surface area contributed by atoms with Crippen LogP contribution >= 0.6 is 34.9 Å². The Balaban J connectivity index is 1.51. The molecule has 0 saturated carbocycles. The molecule has 0 unspecified atom stereocenters. The first kappa shape index (κ1) is 14.2. The van der Waals surface area contributed by atoms with Gasteiger partial charge < -0.3 is 0 Å². The third kappa shape index (κ3) is 3.04. The van der Waals surface area contributed by atoms with Crippen LogP contribution in [0, 0.1) is 0 Å². The standard InChI is InChI=1S/C14H13N5S3/c1-2-4-10(5-3-1)8-12-18-19-11(16-17-13(19)22-12)9-21-14-15-6-7-20-14/h1-5H,6-9H2. The third-order valence-electron chi connectivity index (χ3n) is 3.18. The molecule has 1 aliphatic heterocycles. The Labute approximate surface area is 140 Å². The first-order chi connectivity index (χ1) is 10.9. The minimum absolute atomic E-state index is 0.765. The fraction of sp³-hybridized carbons (Fsp3) is 0.286. The van der Waals surface area contributed by atoms with Crippen molar-refractivity contribution in [3.63, 3.8) is 0 Å². The van der Waals surface area contributed by atoms with Gasteiger partial charge in [-0.15, -0.1) is 10.2 Å². The van der Waals surface area contributed by atoms with Crippen molar-refractivity contribution < 1.29 is 0 Å². The molecule has 0 N–H and O–H groups in total. The van der Waals surface area contributed by atoms with Crippen LogP contribution < -0.4 is 0 Å². The second-order valence-electron chi connectivity index (χ2n) is 4.75. The fourth-order valence-corrected chi connectivity index (χ4v) is 4.96. The Hall–Kier alpha value is -1.38. The monoisotopic (exact) mass is 347 g/mol. The molecule has 0 radical (unpaired) electrons. The number of hydrogen-bond donors (Lipinski definition) is 0. The van der Waals surface area contributed by atoms with Crippen molar-refractivity contribution in [2.75, 3.05) is 12.3 Å². The van der Waals surface area contributed by atoms with Crippen molar-refractivity contribution in [2.45, 2.75) is 12.2 Å². The van der Waals surface area contributed by atoms with E-state index in [-0.39, 0.29) is 0 Å². The first-order valence-corrected chi connectivity index (χ1v) is 9.71. The Morgan fingerprint density at radius 1 is 1.18 bits per heavy atom. The summed E-state index contributed by atoms with van der Waals surface area (Å²) in [6.45, 7) is 0.931. The SMILES string of the molecule is c1ccc(Cc2nn3c(CSC4=NCCS4)nnc3s2)cc1. The van der Waals surface area contributed by atoms with Gasteiger partial charge in [0.2, 0.25) is 4.96 Å². The van der Waals surface area contributed by atoms with Crippen molar-refractivity contribution in [2.24, 2.45) is 4.99 Å². The van der Waals surface area contributed by atoms with Crippen LogP contribution in [-0.4, -0.2) is 36.5 Å². The quantitative estimate of drug-likeness (QED) is 0.726. The molecule has 0 atom stereocenters. The molecule has 5 nitrogen and oxygen atoms in total. The van der Waals surface area contributed by atoms with Crippen molar-refractivity contribution in [1.82, 2.24) is 19.8 Å². The normalized spacial score (nSPS) is 14.6. The molecule has 1 aromatic carbocycles. The van der Waals surface area contributed by atoms with Gasteiger partial charge in [0.25, 0.3) is 0 Å². The van der Waals surface area contributed by atoms with Gasteiger partial charge in [-0.2, -0.15) is 9.61 Å². The van der Waals surface area contributed by atoms with Crippen LogP contribution in [0.2, 0.25) is 0 Å². The van der Waals surface area contributed by atoms with E-state index in [4.69, 9.17) is 0 Å². The molecule has 0 fully saturated rings. The van der Waals surface area contributed by atoms with Gasteiger partial charge in [-0.25, -0.2) is 0 Å². The number of benzene rings is 1. The number of rotatable bonds is 4. The summed E-state index contributed by atoms with van der Waals surface area (Å²) in [4.78, 5) is 5.31. The summed E-state index contributed by atoms with van der Waals surface area (Å²) < 4.78 is 3.02. The zero-order chi connectivity index (χ0) is 14.8. The minimum Gasteiger partial charge on any atom is -0.271 e. The number of aromatic nitrogens is 4. The molecule has 112 valence electrons. The van der Waals surface area contributed by atoms with E-state index in [0.717, 1.165) is 44.6 Å². The van der Waals surface area contributed by atoms with Gasteiger partial charge in [0.1, 0.15) is 9.38 Å². The highest BCUT2D eigenvalue weighted by atomic mass is 32.2. The van der Waals surface area contributed by atoms with Crippen LogP contribution in [0.4, 0.5) is 0 Å². The molecule has 3 aromatic rings. The molecule has 0 spiro atoms. The zero-order valence-electron chi connectivity index (χ0n) is 11.7. The van der Waals surface area contributed by atoms with Crippen molar-refractivity contribution in [3.8, 4) is 0 Å². The molecular formula is C14H13N5S3. The lowest BCUT2D eigenvalue weighted by Gasteiger charge is -1.97. The van der Waals surface area contributed by atoms with Crippen molar-refractivity contribution in [1.29, 1.82) is 0 Å². The maximum absolute atomic E-state index is 4.66. The summed E-state index contributed by atoms with van der Waals surface area (Å²) in [7, 11) is 0. The predicted molar refractivity (Wildman–Crippen MR) is 94.0 cm³/mol. The third-order valence-corrected chi connectivity index (χ3v) is 6.33. The highest BCUT2D eigenvalue weighted by Crippen LogP contribution is 2.25. The van der Waals surface area contributed by atoms with Crippen LogP contribution in [0.5, 0.6) is 0 Å². The summed E-state index contributed by atoms with van der Waals surface area (Å²) in [5.41, 5.74) is 1.26. The number of thioether (sulfide) groups is 2. The molecule has 1 aliphatic rings. The molecule has 0 bridgehead atoms. The van der Waals surface area contributed by atoms with E-state index in [1.807, 2.05) is 22.3 Å². The summed E-state index contributed by atoms with van der Waals surface area (Å²) >= 11 is 5.14. The predicted octanol–water partition coefficient (Wildman–Crippen LogP) is 3.11. The van der Waals surface area contributed by atoms with E-state index < -0.39 is 0 Å². The summed E-state index contributed by atoms with van der Waals surface area (Å²) in [6, 6.07) is 10.4. The largest absolute Gasteiger partial charge is 0.271 e. The van der Waals surface area contributed by atoms with E-state index in [0.29, 0.717) is 0 Å². The Morgan fingerprint density at radius 3 is 2.91 bits per heavy atom. The molecule has 0 saturated heterocycles. The van der Waals surface area contributed by atoms with E-state index in [9.17, 15) is 0 Å². The van der Waals surface area contributed by atoms with Crippen LogP contribution in [-0.2, 0) is 12.2 Å². The van der Waals surface area contributed by atoms with Gasteiger partial charge in [0.15, 0.2) is 5.82 Å². The van der Waals surface area contributed by atoms with Gasteiger partial charge in [-0.1, -0.05) is 65.2 Å². The summed E-state index contributed by atoms with van der Waals surface area (Å²) in [6.07, 6.45) is 0.837. The molecule has 2 aromatic heterocycles. The van der Waals surface area contributed by atoms with Crippen LogP contribution in [0.25, 0.3) is 4.96 Å². The van der Waals surface area contributed by atoms with Gasteiger partial charge in [0.05, 0.1) is 12.3 Å². The van der Waals surface area contributed by atoms with Gasteiger partial charge >= 0.3 is 0 Å². The molecule has 22 heavy (non-hydrogen) atoms. The molecule has 3 heterocycles. The molecule has 4 rings (SSSR count). The number of nitrogens with zero attached hydrogens (tertiary/aromatic N) is 5. The first-order valence-electron chi connectivity index (χ1n) is 6.92. The zero-order valence-corrected chi connectivity index (χ0v) is 14.1. The van der Waals surface area contributed by atoms with Crippen molar-refractivity contribution in [3.05, 3.63) is 46.7 Å².